The van der Waals surface area contributed by atoms with E-state index in [2.05, 4.69) is 5.16 Å². The minimum atomic E-state index is -1.04. The van der Waals surface area contributed by atoms with Crippen molar-refractivity contribution in [1.29, 1.82) is 0 Å². The van der Waals surface area contributed by atoms with Gasteiger partial charge in [-0.15, -0.1) is 0 Å². The maximum absolute atomic E-state index is 12.1. The fourth-order valence-corrected chi connectivity index (χ4v) is 3.02. The Labute approximate surface area is 115 Å². The molecule has 0 amide bonds. The molecule has 0 aliphatic rings. The summed E-state index contributed by atoms with van der Waals surface area (Å²) in [7, 11) is 0.579. The summed E-state index contributed by atoms with van der Waals surface area (Å²) in [6.07, 6.45) is 0. The monoisotopic (exact) mass is 279 g/mol. The molecule has 0 aliphatic heterocycles. The number of ether oxygens (including phenoxy) is 1. The summed E-state index contributed by atoms with van der Waals surface area (Å²) in [5.74, 6) is 2.25. The molecule has 2 rings (SSSR count). The number of hydrogen-bond acceptors (Lipinski definition) is 4. The summed E-state index contributed by atoms with van der Waals surface area (Å²) in [6, 6.07) is 7.69. The van der Waals surface area contributed by atoms with E-state index < -0.39 is 10.8 Å². The number of aromatic nitrogens is 1. The van der Waals surface area contributed by atoms with E-state index in [9.17, 15) is 4.21 Å². The molecule has 1 aromatic carbocycles. The van der Waals surface area contributed by atoms with E-state index in [4.69, 9.17) is 9.26 Å². The van der Waals surface area contributed by atoms with Crippen molar-refractivity contribution in [2.45, 2.75) is 25.4 Å². The first-order valence-corrected chi connectivity index (χ1v) is 7.48. The standard InChI is InChI=1S/C14H17NO3S/c1-10-4-5-14(17-3)12(6-10)8-19(16)9-13-7-11(2)15-18-13/h4-7H,8-9H2,1-3H3/t19-/m0/s1. The largest absolute Gasteiger partial charge is 0.496 e. The fourth-order valence-electron chi connectivity index (χ4n) is 1.89. The lowest BCUT2D eigenvalue weighted by molar-refractivity contribution is 0.390. The lowest BCUT2D eigenvalue weighted by Gasteiger charge is -2.08. The van der Waals surface area contributed by atoms with Crippen molar-refractivity contribution in [2.75, 3.05) is 7.11 Å². The number of nitrogens with zero attached hydrogens (tertiary/aromatic N) is 1. The van der Waals surface area contributed by atoms with Gasteiger partial charge in [0, 0.05) is 22.4 Å². The molecule has 0 bridgehead atoms. The van der Waals surface area contributed by atoms with Crippen LogP contribution in [0.2, 0.25) is 0 Å². The lowest BCUT2D eigenvalue weighted by atomic mass is 10.1. The van der Waals surface area contributed by atoms with Crippen molar-refractivity contribution in [3.05, 3.63) is 46.8 Å². The van der Waals surface area contributed by atoms with Gasteiger partial charge in [0.2, 0.25) is 0 Å². The number of aryl methyl sites for hydroxylation is 2. The second kappa shape index (κ2) is 6.02. The van der Waals surface area contributed by atoms with Gasteiger partial charge in [-0.1, -0.05) is 22.9 Å². The highest BCUT2D eigenvalue weighted by Crippen LogP contribution is 2.22. The van der Waals surface area contributed by atoms with E-state index in [0.717, 1.165) is 22.6 Å². The van der Waals surface area contributed by atoms with Crippen LogP contribution in [-0.4, -0.2) is 16.5 Å². The van der Waals surface area contributed by atoms with Crippen LogP contribution in [0.5, 0.6) is 5.75 Å². The van der Waals surface area contributed by atoms with E-state index in [0.29, 0.717) is 17.3 Å². The summed E-state index contributed by atoms with van der Waals surface area (Å²) in [5, 5.41) is 3.79. The summed E-state index contributed by atoms with van der Waals surface area (Å²) in [4.78, 5) is 0. The molecule has 1 heterocycles. The highest BCUT2D eigenvalue weighted by Gasteiger charge is 2.11. The predicted octanol–water partition coefficient (Wildman–Crippen LogP) is 2.75. The van der Waals surface area contributed by atoms with Gasteiger partial charge in [-0.3, -0.25) is 4.21 Å². The Bertz CT molecular complexity index is 592. The Balaban J connectivity index is 2.08. The molecule has 0 spiro atoms. The van der Waals surface area contributed by atoms with Crippen LogP contribution in [0.15, 0.2) is 28.8 Å². The number of benzene rings is 1. The minimum absolute atomic E-state index is 0.373. The molecular weight excluding hydrogens is 262 g/mol. The highest BCUT2D eigenvalue weighted by atomic mass is 32.2. The van der Waals surface area contributed by atoms with Crippen LogP contribution in [0.3, 0.4) is 0 Å². The Morgan fingerprint density at radius 2 is 2.05 bits per heavy atom. The molecule has 2 aromatic rings. The normalized spacial score (nSPS) is 12.4. The molecule has 0 N–H and O–H groups in total. The Morgan fingerprint density at radius 1 is 1.26 bits per heavy atom. The van der Waals surface area contributed by atoms with Gasteiger partial charge in [-0.2, -0.15) is 0 Å². The van der Waals surface area contributed by atoms with Gasteiger partial charge < -0.3 is 9.26 Å². The molecule has 0 saturated heterocycles. The molecule has 0 aliphatic carbocycles. The van der Waals surface area contributed by atoms with Crippen LogP contribution < -0.4 is 4.74 Å². The molecule has 1 atom stereocenters. The molecule has 5 heteroatoms. The molecule has 102 valence electrons. The highest BCUT2D eigenvalue weighted by molar-refractivity contribution is 7.83. The fraction of sp³-hybridized carbons (Fsp3) is 0.357. The molecule has 0 fully saturated rings. The van der Waals surface area contributed by atoms with Gasteiger partial charge in [0.15, 0.2) is 0 Å². The zero-order valence-corrected chi connectivity index (χ0v) is 12.1. The topological polar surface area (TPSA) is 52.3 Å². The molecule has 4 nitrogen and oxygen atoms in total. The molecule has 0 saturated carbocycles. The minimum Gasteiger partial charge on any atom is -0.496 e. The van der Waals surface area contributed by atoms with Gasteiger partial charge >= 0.3 is 0 Å². The quantitative estimate of drug-likeness (QED) is 0.844. The molecule has 1 aromatic heterocycles. The van der Waals surface area contributed by atoms with E-state index in [-0.39, 0.29) is 0 Å². The van der Waals surface area contributed by atoms with Crippen LogP contribution in [0.1, 0.15) is 22.6 Å². The van der Waals surface area contributed by atoms with Crippen molar-refractivity contribution in [2.24, 2.45) is 0 Å². The van der Waals surface area contributed by atoms with Crippen LogP contribution >= 0.6 is 0 Å². The van der Waals surface area contributed by atoms with Gasteiger partial charge in [0.05, 0.1) is 24.3 Å². The Hall–Kier alpha value is -1.62. The third-order valence-electron chi connectivity index (χ3n) is 2.73. The van der Waals surface area contributed by atoms with Gasteiger partial charge in [0.1, 0.15) is 11.5 Å². The zero-order chi connectivity index (χ0) is 13.8. The van der Waals surface area contributed by atoms with E-state index in [1.54, 1.807) is 7.11 Å². The maximum atomic E-state index is 12.1. The molecule has 0 unspecified atom stereocenters. The molecular formula is C14H17NO3S. The van der Waals surface area contributed by atoms with Gasteiger partial charge in [0.25, 0.3) is 0 Å². The van der Waals surface area contributed by atoms with Gasteiger partial charge in [-0.05, 0) is 19.9 Å². The third kappa shape index (κ3) is 3.67. The second-order valence-corrected chi connectivity index (χ2v) is 5.94. The summed E-state index contributed by atoms with van der Waals surface area (Å²) < 4.78 is 22.5. The van der Waals surface area contributed by atoms with Crippen LogP contribution in [0, 0.1) is 13.8 Å². The summed E-state index contributed by atoms with van der Waals surface area (Å²) in [6.45, 7) is 3.85. The predicted molar refractivity (Wildman–Crippen MR) is 74.5 cm³/mol. The van der Waals surface area contributed by atoms with E-state index >= 15 is 0 Å². The van der Waals surface area contributed by atoms with Crippen LogP contribution in [0.25, 0.3) is 0 Å². The first-order chi connectivity index (χ1) is 9.08. The number of rotatable bonds is 5. The number of hydrogen-bond donors (Lipinski definition) is 0. The smallest absolute Gasteiger partial charge is 0.149 e. The van der Waals surface area contributed by atoms with Crippen molar-refractivity contribution < 1.29 is 13.5 Å². The Kier molecular flexibility index (Phi) is 4.37. The van der Waals surface area contributed by atoms with Crippen molar-refractivity contribution in [1.82, 2.24) is 5.16 Å². The molecule has 19 heavy (non-hydrogen) atoms. The zero-order valence-electron chi connectivity index (χ0n) is 11.3. The first kappa shape index (κ1) is 13.8. The van der Waals surface area contributed by atoms with E-state index in [1.807, 2.05) is 38.1 Å². The van der Waals surface area contributed by atoms with Crippen LogP contribution in [-0.2, 0) is 22.3 Å². The first-order valence-electron chi connectivity index (χ1n) is 5.99. The van der Waals surface area contributed by atoms with Crippen molar-refractivity contribution >= 4 is 10.8 Å². The average molecular weight is 279 g/mol. The number of methoxy groups -OCH3 is 1. The lowest BCUT2D eigenvalue weighted by Crippen LogP contribution is -2.01. The SMILES string of the molecule is COc1ccc(C)cc1C[S@](=O)Cc1cc(C)no1. The second-order valence-electron chi connectivity index (χ2n) is 4.48. The molecule has 0 radical (unpaired) electrons. The summed E-state index contributed by atoms with van der Waals surface area (Å²) >= 11 is 0. The Morgan fingerprint density at radius 3 is 2.68 bits per heavy atom. The maximum Gasteiger partial charge on any atom is 0.149 e. The van der Waals surface area contributed by atoms with Crippen molar-refractivity contribution in [3.8, 4) is 5.75 Å². The summed E-state index contributed by atoms with van der Waals surface area (Å²) in [5.41, 5.74) is 2.89. The third-order valence-corrected chi connectivity index (χ3v) is 3.97. The van der Waals surface area contributed by atoms with Crippen LogP contribution in [0.4, 0.5) is 0 Å². The van der Waals surface area contributed by atoms with Gasteiger partial charge in [-0.25, -0.2) is 0 Å². The van der Waals surface area contributed by atoms with E-state index in [1.165, 1.54) is 0 Å². The van der Waals surface area contributed by atoms with Crippen molar-refractivity contribution in [3.63, 3.8) is 0 Å². The average Bonchev–Trinajstić information content (AvgIpc) is 2.75.